The van der Waals surface area contributed by atoms with E-state index in [-0.39, 0.29) is 5.91 Å². The lowest BCUT2D eigenvalue weighted by atomic mass is 10.0. The minimum Gasteiger partial charge on any atom is -0.341 e. The van der Waals surface area contributed by atoms with Gasteiger partial charge in [-0.2, -0.15) is 0 Å². The molecule has 1 aromatic heterocycles. The van der Waals surface area contributed by atoms with Crippen LogP contribution in [0.3, 0.4) is 0 Å². The van der Waals surface area contributed by atoms with E-state index < -0.39 is 12.1 Å². The van der Waals surface area contributed by atoms with Crippen LogP contribution in [0.4, 0.5) is 10.6 Å². The number of aromatic nitrogens is 1. The number of amides is 3. The highest BCUT2D eigenvalue weighted by Crippen LogP contribution is 2.12. The first-order valence-electron chi connectivity index (χ1n) is 8.53. The van der Waals surface area contributed by atoms with E-state index in [4.69, 9.17) is 0 Å². The fourth-order valence-electron chi connectivity index (χ4n) is 2.96. The Kier molecular flexibility index (Phi) is 5.61. The Morgan fingerprint density at radius 3 is 2.44 bits per heavy atom. The second kappa shape index (κ2) is 8.28. The van der Waals surface area contributed by atoms with Crippen molar-refractivity contribution in [3.05, 3.63) is 60.3 Å². The Morgan fingerprint density at radius 1 is 1.04 bits per heavy atom. The summed E-state index contributed by atoms with van der Waals surface area (Å²) in [5, 5.41) is 5.48. The van der Waals surface area contributed by atoms with Gasteiger partial charge in [0.1, 0.15) is 11.9 Å². The van der Waals surface area contributed by atoms with E-state index in [2.05, 4.69) is 15.6 Å². The number of carbonyl (C=O) groups excluding carboxylic acids is 2. The molecule has 6 nitrogen and oxygen atoms in total. The maximum atomic E-state index is 12.8. The Labute approximate surface area is 147 Å². The maximum Gasteiger partial charge on any atom is 0.321 e. The fraction of sp³-hybridized carbons (Fsp3) is 0.316. The molecule has 1 fully saturated rings. The second-order valence-corrected chi connectivity index (χ2v) is 6.09. The van der Waals surface area contributed by atoms with Gasteiger partial charge in [0, 0.05) is 25.7 Å². The highest BCUT2D eigenvalue weighted by Gasteiger charge is 2.28. The highest BCUT2D eigenvalue weighted by atomic mass is 16.2. The molecule has 3 rings (SSSR count). The van der Waals surface area contributed by atoms with Gasteiger partial charge in [-0.3, -0.25) is 10.1 Å². The van der Waals surface area contributed by atoms with Crippen molar-refractivity contribution in [2.75, 3.05) is 18.4 Å². The van der Waals surface area contributed by atoms with Crippen LogP contribution >= 0.6 is 0 Å². The summed E-state index contributed by atoms with van der Waals surface area (Å²) in [4.78, 5) is 31.0. The van der Waals surface area contributed by atoms with Crippen LogP contribution < -0.4 is 10.6 Å². The summed E-state index contributed by atoms with van der Waals surface area (Å²) in [7, 11) is 0. The zero-order valence-corrected chi connectivity index (χ0v) is 14.0. The van der Waals surface area contributed by atoms with E-state index in [0.29, 0.717) is 12.2 Å². The topological polar surface area (TPSA) is 74.3 Å². The lowest BCUT2D eigenvalue weighted by molar-refractivity contribution is -0.132. The van der Waals surface area contributed by atoms with Crippen LogP contribution in [0, 0.1) is 0 Å². The molecule has 130 valence electrons. The largest absolute Gasteiger partial charge is 0.341 e. The standard InChI is InChI=1S/C19H22N4O2/c24-18(23-12-6-7-13-23)16(14-15-8-2-1-3-9-15)21-19(25)22-17-10-4-5-11-20-17/h1-5,8-11,16H,6-7,12-14H2,(H2,20,21,22,25). The summed E-state index contributed by atoms with van der Waals surface area (Å²) in [6.45, 7) is 1.52. The number of benzene rings is 1. The first-order valence-corrected chi connectivity index (χ1v) is 8.53. The van der Waals surface area contributed by atoms with Gasteiger partial charge in [0.05, 0.1) is 0 Å². The normalized spacial score (nSPS) is 14.8. The fourth-order valence-corrected chi connectivity index (χ4v) is 2.96. The minimum atomic E-state index is -0.593. The van der Waals surface area contributed by atoms with Gasteiger partial charge >= 0.3 is 6.03 Å². The van der Waals surface area contributed by atoms with Crippen molar-refractivity contribution in [2.24, 2.45) is 0 Å². The first-order chi connectivity index (χ1) is 12.2. The average molecular weight is 338 g/mol. The van der Waals surface area contributed by atoms with Crippen molar-refractivity contribution in [1.82, 2.24) is 15.2 Å². The van der Waals surface area contributed by atoms with Crippen molar-refractivity contribution in [3.8, 4) is 0 Å². The molecule has 0 radical (unpaired) electrons. The van der Waals surface area contributed by atoms with Crippen molar-refractivity contribution in [3.63, 3.8) is 0 Å². The number of urea groups is 1. The molecule has 1 aliphatic heterocycles. The van der Waals surface area contributed by atoms with Crippen LogP contribution in [-0.2, 0) is 11.2 Å². The van der Waals surface area contributed by atoms with Gasteiger partial charge in [-0.25, -0.2) is 9.78 Å². The smallest absolute Gasteiger partial charge is 0.321 e. The van der Waals surface area contributed by atoms with Gasteiger partial charge in [-0.15, -0.1) is 0 Å². The van der Waals surface area contributed by atoms with Crippen molar-refractivity contribution >= 4 is 17.8 Å². The van der Waals surface area contributed by atoms with Gasteiger partial charge in [-0.05, 0) is 30.5 Å². The number of likely N-dealkylation sites (tertiary alicyclic amines) is 1. The minimum absolute atomic E-state index is 0.0301. The van der Waals surface area contributed by atoms with E-state index in [1.807, 2.05) is 35.2 Å². The molecule has 0 spiro atoms. The molecular formula is C19H22N4O2. The summed E-state index contributed by atoms with van der Waals surface area (Å²) in [5.74, 6) is 0.421. The SMILES string of the molecule is O=C(Nc1ccccn1)NC(Cc1ccccc1)C(=O)N1CCCC1. The molecule has 1 aliphatic rings. The first kappa shape index (κ1) is 17.0. The van der Waals surface area contributed by atoms with Crippen LogP contribution in [0.15, 0.2) is 54.7 Å². The van der Waals surface area contributed by atoms with Gasteiger partial charge in [0.2, 0.25) is 5.91 Å². The van der Waals surface area contributed by atoms with E-state index in [0.717, 1.165) is 31.5 Å². The predicted molar refractivity (Wildman–Crippen MR) is 96.1 cm³/mol. The summed E-state index contributed by atoms with van der Waals surface area (Å²) < 4.78 is 0. The number of rotatable bonds is 5. The van der Waals surface area contributed by atoms with Crippen molar-refractivity contribution in [2.45, 2.75) is 25.3 Å². The Morgan fingerprint density at radius 2 is 1.76 bits per heavy atom. The molecule has 0 saturated carbocycles. The van der Waals surface area contributed by atoms with Crippen molar-refractivity contribution < 1.29 is 9.59 Å². The molecule has 25 heavy (non-hydrogen) atoms. The van der Waals surface area contributed by atoms with Crippen LogP contribution in [0.1, 0.15) is 18.4 Å². The van der Waals surface area contributed by atoms with Gasteiger partial charge < -0.3 is 10.2 Å². The van der Waals surface area contributed by atoms with Crippen LogP contribution in [-0.4, -0.2) is 41.0 Å². The zero-order chi connectivity index (χ0) is 17.5. The molecule has 1 saturated heterocycles. The third-order valence-electron chi connectivity index (χ3n) is 4.21. The van der Waals surface area contributed by atoms with E-state index in [1.54, 1.807) is 24.4 Å². The molecule has 6 heteroatoms. The van der Waals surface area contributed by atoms with Crippen LogP contribution in [0.2, 0.25) is 0 Å². The summed E-state index contributed by atoms with van der Waals surface area (Å²) in [5.41, 5.74) is 1.01. The third-order valence-corrected chi connectivity index (χ3v) is 4.21. The molecule has 2 N–H and O–H groups in total. The molecule has 1 aromatic carbocycles. The predicted octanol–water partition coefficient (Wildman–Crippen LogP) is 2.44. The summed E-state index contributed by atoms with van der Waals surface area (Å²) in [6, 6.07) is 14.0. The quantitative estimate of drug-likeness (QED) is 0.879. The number of pyridine rings is 1. The lowest BCUT2D eigenvalue weighted by Crippen LogP contribution is -2.50. The van der Waals surface area contributed by atoms with E-state index in [1.165, 1.54) is 0 Å². The molecule has 3 amide bonds. The molecule has 2 aromatic rings. The molecule has 0 aliphatic carbocycles. The summed E-state index contributed by atoms with van der Waals surface area (Å²) >= 11 is 0. The number of nitrogens with zero attached hydrogens (tertiary/aromatic N) is 2. The highest BCUT2D eigenvalue weighted by molar-refractivity contribution is 5.93. The number of hydrogen-bond donors (Lipinski definition) is 2. The molecule has 1 unspecified atom stereocenters. The Balaban J connectivity index is 1.68. The Hall–Kier alpha value is -2.89. The third kappa shape index (κ3) is 4.79. The van der Waals surface area contributed by atoms with Gasteiger partial charge in [0.15, 0.2) is 0 Å². The zero-order valence-electron chi connectivity index (χ0n) is 14.0. The number of carbonyl (C=O) groups is 2. The summed E-state index contributed by atoms with van der Waals surface area (Å²) in [6.07, 6.45) is 4.10. The van der Waals surface area contributed by atoms with Crippen LogP contribution in [0.5, 0.6) is 0 Å². The number of hydrogen-bond acceptors (Lipinski definition) is 3. The average Bonchev–Trinajstić information content (AvgIpc) is 3.17. The monoisotopic (exact) mass is 338 g/mol. The number of nitrogens with one attached hydrogen (secondary N) is 2. The van der Waals surface area contributed by atoms with E-state index in [9.17, 15) is 9.59 Å². The molecule has 0 bridgehead atoms. The lowest BCUT2D eigenvalue weighted by Gasteiger charge is -2.24. The molecule has 2 heterocycles. The van der Waals surface area contributed by atoms with Gasteiger partial charge in [0.25, 0.3) is 0 Å². The van der Waals surface area contributed by atoms with Gasteiger partial charge in [-0.1, -0.05) is 36.4 Å². The molecular weight excluding hydrogens is 316 g/mol. The maximum absolute atomic E-state index is 12.8. The van der Waals surface area contributed by atoms with E-state index >= 15 is 0 Å². The molecule has 1 atom stereocenters. The van der Waals surface area contributed by atoms with Crippen LogP contribution in [0.25, 0.3) is 0 Å². The van der Waals surface area contributed by atoms with Crippen molar-refractivity contribution in [1.29, 1.82) is 0 Å². The number of anilines is 1. The second-order valence-electron chi connectivity index (χ2n) is 6.09. The Bertz CT molecular complexity index is 700.